The van der Waals surface area contributed by atoms with Crippen LogP contribution in [0.15, 0.2) is 58.9 Å². The number of amides is 1. The van der Waals surface area contributed by atoms with Gasteiger partial charge in [0.2, 0.25) is 0 Å². The van der Waals surface area contributed by atoms with Crippen molar-refractivity contribution in [2.45, 2.75) is 50.0 Å². The van der Waals surface area contributed by atoms with Crippen LogP contribution in [0.1, 0.15) is 37.5 Å². The SMILES string of the molecule is CC(C)(C)c1ccc(OCC(=O)NC2Cc3ccc(S(=O)(=O)Nc4nccs4)cc3C2)cc1. The topological polar surface area (TPSA) is 97.4 Å². The Bertz CT molecular complexity index is 1230. The second kappa shape index (κ2) is 9.15. The molecule has 0 spiro atoms. The number of rotatable bonds is 7. The molecule has 1 unspecified atom stereocenters. The van der Waals surface area contributed by atoms with Gasteiger partial charge in [-0.25, -0.2) is 13.4 Å². The highest BCUT2D eigenvalue weighted by molar-refractivity contribution is 7.93. The van der Waals surface area contributed by atoms with Crippen LogP contribution in [-0.2, 0) is 33.1 Å². The van der Waals surface area contributed by atoms with E-state index in [1.807, 2.05) is 30.3 Å². The van der Waals surface area contributed by atoms with Crippen LogP contribution in [-0.4, -0.2) is 32.0 Å². The van der Waals surface area contributed by atoms with E-state index in [1.165, 1.54) is 16.9 Å². The van der Waals surface area contributed by atoms with Crippen LogP contribution in [0, 0.1) is 0 Å². The lowest BCUT2D eigenvalue weighted by Gasteiger charge is -2.19. The van der Waals surface area contributed by atoms with E-state index in [0.717, 1.165) is 11.1 Å². The predicted octanol–water partition coefficient (Wildman–Crippen LogP) is 3.90. The molecule has 1 amide bonds. The number of sulfonamides is 1. The van der Waals surface area contributed by atoms with Gasteiger partial charge in [-0.1, -0.05) is 39.0 Å². The second-order valence-electron chi connectivity index (χ2n) is 9.11. The van der Waals surface area contributed by atoms with Crippen molar-refractivity contribution in [3.05, 3.63) is 70.7 Å². The zero-order valence-corrected chi connectivity index (χ0v) is 20.4. The van der Waals surface area contributed by atoms with Gasteiger partial charge in [0, 0.05) is 17.6 Å². The predicted molar refractivity (Wildman–Crippen MR) is 129 cm³/mol. The summed E-state index contributed by atoms with van der Waals surface area (Å²) in [6, 6.07) is 12.7. The third-order valence-corrected chi connectivity index (χ3v) is 7.68. The molecule has 1 aromatic heterocycles. The summed E-state index contributed by atoms with van der Waals surface area (Å²) in [6.07, 6.45) is 2.77. The first-order chi connectivity index (χ1) is 15.6. The van der Waals surface area contributed by atoms with Crippen molar-refractivity contribution in [2.75, 3.05) is 11.3 Å². The molecule has 0 saturated carbocycles. The highest BCUT2D eigenvalue weighted by atomic mass is 32.2. The molecule has 2 N–H and O–H groups in total. The Kier molecular flexibility index (Phi) is 6.45. The van der Waals surface area contributed by atoms with Gasteiger partial charge in [0.15, 0.2) is 11.7 Å². The van der Waals surface area contributed by atoms with Crippen molar-refractivity contribution < 1.29 is 17.9 Å². The minimum absolute atomic E-state index is 0.0590. The van der Waals surface area contributed by atoms with Gasteiger partial charge in [0.05, 0.1) is 4.90 Å². The zero-order chi connectivity index (χ0) is 23.6. The van der Waals surface area contributed by atoms with E-state index in [2.05, 4.69) is 35.8 Å². The molecule has 174 valence electrons. The fourth-order valence-corrected chi connectivity index (χ4v) is 5.62. The van der Waals surface area contributed by atoms with Crippen molar-refractivity contribution >= 4 is 32.4 Å². The fourth-order valence-electron chi connectivity index (χ4n) is 3.78. The van der Waals surface area contributed by atoms with E-state index in [4.69, 9.17) is 4.74 Å². The van der Waals surface area contributed by atoms with Gasteiger partial charge in [-0.05, 0) is 59.2 Å². The largest absolute Gasteiger partial charge is 0.484 e. The molecule has 0 aliphatic heterocycles. The second-order valence-corrected chi connectivity index (χ2v) is 11.7. The molecular weight excluding hydrogens is 458 g/mol. The Morgan fingerprint density at radius 2 is 1.85 bits per heavy atom. The molecule has 9 heteroatoms. The summed E-state index contributed by atoms with van der Waals surface area (Å²) in [5.41, 5.74) is 3.21. The summed E-state index contributed by atoms with van der Waals surface area (Å²) in [7, 11) is -3.71. The average molecular weight is 486 g/mol. The molecule has 0 bridgehead atoms. The minimum Gasteiger partial charge on any atom is -0.484 e. The molecule has 1 aliphatic carbocycles. The lowest BCUT2D eigenvalue weighted by atomic mass is 9.87. The van der Waals surface area contributed by atoms with Crippen LogP contribution in [0.5, 0.6) is 5.75 Å². The number of aromatic nitrogens is 1. The summed E-state index contributed by atoms with van der Waals surface area (Å²) < 4.78 is 33.4. The van der Waals surface area contributed by atoms with Gasteiger partial charge in [-0.2, -0.15) is 0 Å². The number of anilines is 1. The number of ether oxygens (including phenoxy) is 1. The molecule has 1 atom stereocenters. The van der Waals surface area contributed by atoms with E-state index in [1.54, 1.807) is 23.7 Å². The summed E-state index contributed by atoms with van der Waals surface area (Å²) >= 11 is 1.22. The van der Waals surface area contributed by atoms with Crippen LogP contribution < -0.4 is 14.8 Å². The van der Waals surface area contributed by atoms with Crippen LogP contribution in [0.2, 0.25) is 0 Å². The molecule has 2 aromatic carbocycles. The molecule has 33 heavy (non-hydrogen) atoms. The van der Waals surface area contributed by atoms with Gasteiger partial charge < -0.3 is 10.1 Å². The van der Waals surface area contributed by atoms with Crippen molar-refractivity contribution in [1.29, 1.82) is 0 Å². The number of hydrogen-bond donors (Lipinski definition) is 2. The van der Waals surface area contributed by atoms with Crippen molar-refractivity contribution in [2.24, 2.45) is 0 Å². The summed E-state index contributed by atoms with van der Waals surface area (Å²) in [6.45, 7) is 6.36. The maximum Gasteiger partial charge on any atom is 0.263 e. The number of hydrogen-bond acceptors (Lipinski definition) is 6. The van der Waals surface area contributed by atoms with E-state index < -0.39 is 10.0 Å². The fraction of sp³-hybridized carbons (Fsp3) is 0.333. The molecule has 7 nitrogen and oxygen atoms in total. The summed E-state index contributed by atoms with van der Waals surface area (Å²) in [4.78, 5) is 16.6. The maximum atomic E-state index is 12.6. The number of fused-ring (bicyclic) bond motifs is 1. The molecule has 0 saturated heterocycles. The van der Waals surface area contributed by atoms with E-state index in [-0.39, 0.29) is 28.9 Å². The third kappa shape index (κ3) is 5.72. The van der Waals surface area contributed by atoms with Gasteiger partial charge in [-0.15, -0.1) is 11.3 Å². The highest BCUT2D eigenvalue weighted by Crippen LogP contribution is 2.27. The van der Waals surface area contributed by atoms with Crippen LogP contribution in [0.25, 0.3) is 0 Å². The first-order valence-corrected chi connectivity index (χ1v) is 13.0. The Hall–Kier alpha value is -2.91. The van der Waals surface area contributed by atoms with E-state index in [9.17, 15) is 13.2 Å². The normalized spacial score (nSPS) is 15.7. The number of thiazole rings is 1. The smallest absolute Gasteiger partial charge is 0.263 e. The lowest BCUT2D eigenvalue weighted by Crippen LogP contribution is -2.38. The van der Waals surface area contributed by atoms with Crippen LogP contribution in [0.3, 0.4) is 0 Å². The van der Waals surface area contributed by atoms with Gasteiger partial charge in [0.25, 0.3) is 15.9 Å². The van der Waals surface area contributed by atoms with Crippen molar-refractivity contribution in [3.63, 3.8) is 0 Å². The number of nitrogens with one attached hydrogen (secondary N) is 2. The Balaban J connectivity index is 1.32. The third-order valence-electron chi connectivity index (χ3n) is 5.53. The molecule has 0 fully saturated rings. The lowest BCUT2D eigenvalue weighted by molar-refractivity contribution is -0.123. The highest BCUT2D eigenvalue weighted by Gasteiger charge is 2.26. The number of benzene rings is 2. The first-order valence-electron chi connectivity index (χ1n) is 10.7. The molecular formula is C24H27N3O4S2. The standard InChI is InChI=1S/C24H27N3O4S2/c1-24(2,3)18-5-7-20(8-6-18)31-15-22(28)26-19-12-16-4-9-21(14-17(16)13-19)33(29,30)27-23-25-10-11-32-23/h4-11,14,19H,12-13,15H2,1-3H3,(H,25,27)(H,26,28). The quantitative estimate of drug-likeness (QED) is 0.529. The molecule has 1 heterocycles. The summed E-state index contributed by atoms with van der Waals surface area (Å²) in [5, 5.41) is 5.02. The Morgan fingerprint density at radius 3 is 2.52 bits per heavy atom. The number of carbonyl (C=O) groups is 1. The molecule has 1 aliphatic rings. The van der Waals surface area contributed by atoms with Gasteiger partial charge in [-0.3, -0.25) is 9.52 Å². The van der Waals surface area contributed by atoms with Gasteiger partial charge >= 0.3 is 0 Å². The van der Waals surface area contributed by atoms with E-state index >= 15 is 0 Å². The van der Waals surface area contributed by atoms with Gasteiger partial charge in [0.1, 0.15) is 5.75 Å². The molecule has 0 radical (unpaired) electrons. The van der Waals surface area contributed by atoms with Crippen molar-refractivity contribution in [1.82, 2.24) is 10.3 Å². The minimum atomic E-state index is -3.71. The monoisotopic (exact) mass is 485 g/mol. The van der Waals surface area contributed by atoms with E-state index in [0.29, 0.717) is 23.7 Å². The first kappa shape index (κ1) is 23.3. The average Bonchev–Trinajstić information content (AvgIpc) is 3.40. The van der Waals surface area contributed by atoms with Crippen LogP contribution in [0.4, 0.5) is 5.13 Å². The zero-order valence-electron chi connectivity index (χ0n) is 18.8. The molecule has 4 rings (SSSR count). The molecule has 3 aromatic rings. The number of carbonyl (C=O) groups excluding carboxylic acids is 1. The van der Waals surface area contributed by atoms with Crippen molar-refractivity contribution in [3.8, 4) is 5.75 Å². The maximum absolute atomic E-state index is 12.6. The summed E-state index contributed by atoms with van der Waals surface area (Å²) in [5.74, 6) is 0.446. The Morgan fingerprint density at radius 1 is 1.12 bits per heavy atom. The number of nitrogens with zero attached hydrogens (tertiary/aromatic N) is 1. The van der Waals surface area contributed by atoms with Crippen LogP contribution >= 0.6 is 11.3 Å². The Labute approximate surface area is 198 Å².